The number of aromatic nitrogens is 4. The lowest BCUT2D eigenvalue weighted by Gasteiger charge is -2.56. The van der Waals surface area contributed by atoms with Gasteiger partial charge in [0.05, 0.1) is 6.33 Å². The Labute approximate surface area is 230 Å². The third-order valence-electron chi connectivity index (χ3n) is 8.44. The Kier molecular flexibility index (Phi) is 7.40. The molecule has 1 amide bonds. The van der Waals surface area contributed by atoms with Gasteiger partial charge in [-0.3, -0.25) is 4.79 Å². The SMILES string of the molecule is CN(C)CCCCCNc1nc(Nc2ccc(C(=O)N3CC4(CNC4)C3)cc2)c2ncn(C3CCCC3)c2n1. The number of benzene rings is 1. The van der Waals surface area contributed by atoms with Gasteiger partial charge < -0.3 is 30.3 Å². The summed E-state index contributed by atoms with van der Waals surface area (Å²) >= 11 is 0. The van der Waals surface area contributed by atoms with Crippen molar-refractivity contribution in [2.45, 2.75) is 51.0 Å². The molecule has 2 aromatic heterocycles. The molecule has 10 nitrogen and oxygen atoms in total. The summed E-state index contributed by atoms with van der Waals surface area (Å²) in [4.78, 5) is 31.5. The van der Waals surface area contributed by atoms with Gasteiger partial charge in [0, 0.05) is 55.4 Å². The van der Waals surface area contributed by atoms with Gasteiger partial charge in [-0.25, -0.2) is 4.98 Å². The highest BCUT2D eigenvalue weighted by atomic mass is 16.2. The van der Waals surface area contributed by atoms with Crippen LogP contribution in [-0.2, 0) is 0 Å². The number of likely N-dealkylation sites (tertiary alicyclic amines) is 1. The number of imidazole rings is 1. The Bertz CT molecular complexity index is 1280. The lowest BCUT2D eigenvalue weighted by Crippen LogP contribution is -2.71. The summed E-state index contributed by atoms with van der Waals surface area (Å²) < 4.78 is 2.23. The predicted octanol–water partition coefficient (Wildman–Crippen LogP) is 3.87. The van der Waals surface area contributed by atoms with E-state index in [0.29, 0.717) is 23.2 Å². The maximum atomic E-state index is 12.9. The summed E-state index contributed by atoms with van der Waals surface area (Å²) in [6.45, 7) is 5.70. The summed E-state index contributed by atoms with van der Waals surface area (Å²) in [5, 5.41) is 10.2. The van der Waals surface area contributed by atoms with E-state index in [1.54, 1.807) is 0 Å². The van der Waals surface area contributed by atoms with Gasteiger partial charge in [-0.2, -0.15) is 9.97 Å². The van der Waals surface area contributed by atoms with Crippen LogP contribution in [0.5, 0.6) is 0 Å². The fourth-order valence-corrected chi connectivity index (χ4v) is 6.09. The number of nitrogens with one attached hydrogen (secondary N) is 3. The molecule has 39 heavy (non-hydrogen) atoms. The molecular formula is C29H41N9O. The summed E-state index contributed by atoms with van der Waals surface area (Å²) in [5.74, 6) is 1.42. The van der Waals surface area contributed by atoms with E-state index in [1.165, 1.54) is 25.7 Å². The van der Waals surface area contributed by atoms with Gasteiger partial charge in [0.25, 0.3) is 5.91 Å². The molecule has 2 saturated heterocycles. The van der Waals surface area contributed by atoms with E-state index in [2.05, 4.69) is 39.5 Å². The second kappa shape index (κ2) is 11.1. The number of unbranched alkanes of at least 4 members (excludes halogenated alkanes) is 2. The fourth-order valence-electron chi connectivity index (χ4n) is 6.09. The zero-order chi connectivity index (χ0) is 26.8. The van der Waals surface area contributed by atoms with Crippen LogP contribution in [0, 0.1) is 5.41 Å². The number of fused-ring (bicyclic) bond motifs is 1. The molecule has 3 aliphatic rings. The molecule has 10 heteroatoms. The maximum absolute atomic E-state index is 12.9. The van der Waals surface area contributed by atoms with E-state index in [4.69, 9.17) is 15.0 Å². The number of anilines is 3. The van der Waals surface area contributed by atoms with Crippen LogP contribution in [0.3, 0.4) is 0 Å². The molecular weight excluding hydrogens is 490 g/mol. The summed E-state index contributed by atoms with van der Waals surface area (Å²) in [6.07, 6.45) is 10.2. The van der Waals surface area contributed by atoms with Crippen LogP contribution in [-0.4, -0.2) is 88.6 Å². The Hall–Kier alpha value is -3.24. The molecule has 1 saturated carbocycles. The Morgan fingerprint density at radius 3 is 2.54 bits per heavy atom. The maximum Gasteiger partial charge on any atom is 0.253 e. The quantitative estimate of drug-likeness (QED) is 0.321. The zero-order valence-corrected chi connectivity index (χ0v) is 23.2. The number of carbonyl (C=O) groups excluding carboxylic acids is 1. The van der Waals surface area contributed by atoms with Crippen LogP contribution in [0.15, 0.2) is 30.6 Å². The van der Waals surface area contributed by atoms with E-state index in [1.807, 2.05) is 35.5 Å². The monoisotopic (exact) mass is 531 g/mol. The lowest BCUT2D eigenvalue weighted by molar-refractivity contribution is -0.0248. The van der Waals surface area contributed by atoms with E-state index >= 15 is 0 Å². The van der Waals surface area contributed by atoms with Crippen molar-refractivity contribution in [3.8, 4) is 0 Å². The van der Waals surface area contributed by atoms with Crippen molar-refractivity contribution in [3.05, 3.63) is 36.2 Å². The van der Waals surface area contributed by atoms with Crippen LogP contribution >= 0.6 is 0 Å². The van der Waals surface area contributed by atoms with Crippen LogP contribution in [0.4, 0.5) is 17.5 Å². The van der Waals surface area contributed by atoms with Crippen molar-refractivity contribution >= 4 is 34.5 Å². The number of rotatable bonds is 11. The third-order valence-corrected chi connectivity index (χ3v) is 8.44. The molecule has 3 fully saturated rings. The molecule has 3 N–H and O–H groups in total. The molecule has 6 rings (SSSR count). The van der Waals surface area contributed by atoms with Crippen LogP contribution < -0.4 is 16.0 Å². The van der Waals surface area contributed by atoms with Gasteiger partial charge in [0.1, 0.15) is 0 Å². The number of hydrogen-bond donors (Lipinski definition) is 3. The minimum Gasteiger partial charge on any atom is -0.354 e. The molecule has 1 aromatic carbocycles. The normalized spacial score (nSPS) is 18.5. The number of nitrogens with zero attached hydrogens (tertiary/aromatic N) is 6. The largest absolute Gasteiger partial charge is 0.354 e. The van der Waals surface area contributed by atoms with Crippen LogP contribution in [0.2, 0.25) is 0 Å². The van der Waals surface area contributed by atoms with Gasteiger partial charge in [-0.15, -0.1) is 0 Å². The predicted molar refractivity (Wildman–Crippen MR) is 155 cm³/mol. The first-order valence-electron chi connectivity index (χ1n) is 14.5. The van der Waals surface area contributed by atoms with E-state index in [0.717, 1.165) is 80.9 Å². The van der Waals surface area contributed by atoms with Crippen molar-refractivity contribution in [1.29, 1.82) is 0 Å². The average molecular weight is 532 g/mol. The molecule has 2 aliphatic heterocycles. The molecule has 3 aromatic rings. The Balaban J connectivity index is 1.16. The number of carbonyl (C=O) groups is 1. The second-order valence-corrected chi connectivity index (χ2v) is 11.9. The highest BCUT2D eigenvalue weighted by Gasteiger charge is 2.49. The van der Waals surface area contributed by atoms with Gasteiger partial charge in [0.15, 0.2) is 17.0 Å². The lowest BCUT2D eigenvalue weighted by atomic mass is 9.74. The summed E-state index contributed by atoms with van der Waals surface area (Å²) in [5.41, 5.74) is 3.57. The van der Waals surface area contributed by atoms with E-state index in [-0.39, 0.29) is 5.91 Å². The number of hydrogen-bond acceptors (Lipinski definition) is 8. The van der Waals surface area contributed by atoms with Gasteiger partial charge in [0.2, 0.25) is 5.95 Å². The minimum absolute atomic E-state index is 0.107. The van der Waals surface area contributed by atoms with Gasteiger partial charge >= 0.3 is 0 Å². The molecule has 208 valence electrons. The molecule has 4 heterocycles. The summed E-state index contributed by atoms with van der Waals surface area (Å²) in [7, 11) is 4.23. The third kappa shape index (κ3) is 5.58. The first-order chi connectivity index (χ1) is 19.0. The molecule has 1 aliphatic carbocycles. The minimum atomic E-state index is 0.107. The van der Waals surface area contributed by atoms with E-state index in [9.17, 15) is 4.79 Å². The second-order valence-electron chi connectivity index (χ2n) is 11.9. The van der Waals surface area contributed by atoms with Gasteiger partial charge in [-0.1, -0.05) is 19.3 Å². The standard InChI is InChI=1S/C29H41N9O/c1-36(2)15-7-3-6-14-31-28-34-25(24-26(35-28)38(20-32-24)23-8-4-5-9-23)33-22-12-10-21(11-13-22)27(39)37-18-29(19-37)16-30-17-29/h10-13,20,23,30H,3-9,14-19H2,1-2H3,(H2,31,33,34,35). The highest BCUT2D eigenvalue weighted by Crippen LogP contribution is 2.36. The van der Waals surface area contributed by atoms with Crippen molar-refractivity contribution in [1.82, 2.24) is 34.6 Å². The number of amides is 1. The topological polar surface area (TPSA) is 103 Å². The van der Waals surface area contributed by atoms with E-state index < -0.39 is 0 Å². The first kappa shape index (κ1) is 26.0. The molecule has 0 unspecified atom stereocenters. The molecule has 0 bridgehead atoms. The van der Waals surface area contributed by atoms with Crippen molar-refractivity contribution in [2.75, 3.05) is 64.0 Å². The smallest absolute Gasteiger partial charge is 0.253 e. The molecule has 0 radical (unpaired) electrons. The fraction of sp³-hybridized carbons (Fsp3) is 0.586. The van der Waals surface area contributed by atoms with Crippen molar-refractivity contribution < 1.29 is 4.79 Å². The first-order valence-corrected chi connectivity index (χ1v) is 14.5. The van der Waals surface area contributed by atoms with Crippen LogP contribution in [0.25, 0.3) is 11.2 Å². The summed E-state index contributed by atoms with van der Waals surface area (Å²) in [6, 6.07) is 8.15. The molecule has 0 atom stereocenters. The Morgan fingerprint density at radius 2 is 1.85 bits per heavy atom. The van der Waals surface area contributed by atoms with Crippen LogP contribution in [0.1, 0.15) is 61.3 Å². The molecule has 1 spiro atoms. The van der Waals surface area contributed by atoms with Gasteiger partial charge in [-0.05, 0) is 70.6 Å². The highest BCUT2D eigenvalue weighted by molar-refractivity contribution is 5.95. The zero-order valence-electron chi connectivity index (χ0n) is 23.2. The van der Waals surface area contributed by atoms with Crippen molar-refractivity contribution in [2.24, 2.45) is 5.41 Å². The van der Waals surface area contributed by atoms with Crippen molar-refractivity contribution in [3.63, 3.8) is 0 Å². The Morgan fingerprint density at radius 1 is 1.08 bits per heavy atom. The average Bonchev–Trinajstić information content (AvgIpc) is 3.55.